The SMILES string of the molecule is CC(OC(=O)c1ccccc1SCC(N)=O)C(=O)Nc1ccc(F)cc1Cl. The van der Waals surface area contributed by atoms with Crippen LogP contribution in [0.1, 0.15) is 17.3 Å². The van der Waals surface area contributed by atoms with Crippen LogP contribution < -0.4 is 11.1 Å². The topological polar surface area (TPSA) is 98.5 Å². The molecular weight excluding hydrogens is 395 g/mol. The number of primary amides is 1. The van der Waals surface area contributed by atoms with Gasteiger partial charge in [-0.15, -0.1) is 11.8 Å². The average molecular weight is 411 g/mol. The van der Waals surface area contributed by atoms with Crippen LogP contribution >= 0.6 is 23.4 Å². The molecule has 0 aliphatic rings. The Labute approximate surface area is 164 Å². The van der Waals surface area contributed by atoms with Crippen LogP contribution in [0, 0.1) is 5.82 Å². The summed E-state index contributed by atoms with van der Waals surface area (Å²) in [6, 6.07) is 10.0. The largest absolute Gasteiger partial charge is 0.449 e. The minimum Gasteiger partial charge on any atom is -0.449 e. The van der Waals surface area contributed by atoms with E-state index in [1.807, 2.05) is 0 Å². The number of esters is 1. The monoisotopic (exact) mass is 410 g/mol. The number of ether oxygens (including phenoxy) is 1. The first kappa shape index (κ1) is 20.7. The number of carbonyl (C=O) groups excluding carboxylic acids is 3. The van der Waals surface area contributed by atoms with Gasteiger partial charge in [0.1, 0.15) is 5.82 Å². The van der Waals surface area contributed by atoms with E-state index in [1.54, 1.807) is 18.2 Å². The molecule has 0 bridgehead atoms. The number of carbonyl (C=O) groups is 3. The number of amides is 2. The molecule has 2 rings (SSSR count). The molecule has 0 aromatic heterocycles. The van der Waals surface area contributed by atoms with Crippen molar-refractivity contribution >= 4 is 46.8 Å². The Balaban J connectivity index is 2.04. The van der Waals surface area contributed by atoms with Crippen LogP contribution in [-0.2, 0) is 14.3 Å². The fourth-order valence-electron chi connectivity index (χ4n) is 2.01. The molecule has 1 unspecified atom stereocenters. The number of nitrogens with one attached hydrogen (secondary N) is 1. The Morgan fingerprint density at radius 2 is 1.96 bits per heavy atom. The lowest BCUT2D eigenvalue weighted by molar-refractivity contribution is -0.123. The number of halogens is 2. The van der Waals surface area contributed by atoms with Crippen LogP contribution in [-0.4, -0.2) is 29.6 Å². The number of anilines is 1. The maximum Gasteiger partial charge on any atom is 0.340 e. The molecule has 9 heteroatoms. The zero-order chi connectivity index (χ0) is 20.0. The van der Waals surface area contributed by atoms with Gasteiger partial charge in [0, 0.05) is 4.90 Å². The number of nitrogens with two attached hydrogens (primary N) is 1. The molecule has 0 heterocycles. The van der Waals surface area contributed by atoms with E-state index in [0.29, 0.717) is 4.90 Å². The summed E-state index contributed by atoms with van der Waals surface area (Å²) in [6.07, 6.45) is -1.13. The molecule has 0 spiro atoms. The van der Waals surface area contributed by atoms with E-state index in [-0.39, 0.29) is 22.0 Å². The highest BCUT2D eigenvalue weighted by Crippen LogP contribution is 2.24. The van der Waals surface area contributed by atoms with E-state index in [0.717, 1.165) is 23.9 Å². The highest BCUT2D eigenvalue weighted by atomic mass is 35.5. The molecule has 0 radical (unpaired) electrons. The predicted molar refractivity (Wildman–Crippen MR) is 101 cm³/mol. The van der Waals surface area contributed by atoms with Crippen molar-refractivity contribution in [3.05, 3.63) is 58.9 Å². The molecule has 2 aromatic carbocycles. The molecule has 0 saturated heterocycles. The lowest BCUT2D eigenvalue weighted by Gasteiger charge is -2.15. The second-order valence-electron chi connectivity index (χ2n) is 5.41. The summed E-state index contributed by atoms with van der Waals surface area (Å²) in [5.74, 6) is -2.41. The van der Waals surface area contributed by atoms with Gasteiger partial charge in [-0.1, -0.05) is 23.7 Å². The van der Waals surface area contributed by atoms with Crippen molar-refractivity contribution < 1.29 is 23.5 Å². The molecule has 0 fully saturated rings. The third kappa shape index (κ3) is 5.97. The number of benzene rings is 2. The molecule has 2 aromatic rings. The van der Waals surface area contributed by atoms with Gasteiger partial charge in [-0.25, -0.2) is 9.18 Å². The van der Waals surface area contributed by atoms with Crippen molar-refractivity contribution in [1.82, 2.24) is 0 Å². The predicted octanol–water partition coefficient (Wildman–Crippen LogP) is 3.24. The van der Waals surface area contributed by atoms with Gasteiger partial charge < -0.3 is 15.8 Å². The van der Waals surface area contributed by atoms with Crippen molar-refractivity contribution in [2.45, 2.75) is 17.9 Å². The fraction of sp³-hybridized carbons (Fsp3) is 0.167. The van der Waals surface area contributed by atoms with Crippen LogP contribution in [0.25, 0.3) is 0 Å². The number of thioether (sulfide) groups is 1. The Morgan fingerprint density at radius 3 is 2.63 bits per heavy atom. The van der Waals surface area contributed by atoms with Crippen molar-refractivity contribution in [3.63, 3.8) is 0 Å². The van der Waals surface area contributed by atoms with Gasteiger partial charge in [-0.3, -0.25) is 9.59 Å². The molecule has 0 saturated carbocycles. The third-order valence-corrected chi connectivity index (χ3v) is 4.73. The van der Waals surface area contributed by atoms with E-state index in [4.69, 9.17) is 22.1 Å². The molecule has 3 N–H and O–H groups in total. The van der Waals surface area contributed by atoms with E-state index in [9.17, 15) is 18.8 Å². The van der Waals surface area contributed by atoms with Crippen molar-refractivity contribution in [2.75, 3.05) is 11.1 Å². The minimum absolute atomic E-state index is 0.00337. The summed E-state index contributed by atoms with van der Waals surface area (Å²) < 4.78 is 18.2. The maximum absolute atomic E-state index is 13.1. The molecule has 6 nitrogen and oxygen atoms in total. The van der Waals surface area contributed by atoms with Crippen LogP contribution in [0.15, 0.2) is 47.4 Å². The molecule has 0 aliphatic carbocycles. The van der Waals surface area contributed by atoms with Crippen LogP contribution in [0.2, 0.25) is 5.02 Å². The van der Waals surface area contributed by atoms with Gasteiger partial charge in [-0.2, -0.15) is 0 Å². The normalized spacial score (nSPS) is 11.5. The second-order valence-corrected chi connectivity index (χ2v) is 6.84. The average Bonchev–Trinajstić information content (AvgIpc) is 2.62. The van der Waals surface area contributed by atoms with Gasteiger partial charge in [0.15, 0.2) is 6.10 Å². The van der Waals surface area contributed by atoms with Crippen LogP contribution in [0.3, 0.4) is 0 Å². The molecule has 2 amide bonds. The molecule has 27 heavy (non-hydrogen) atoms. The van der Waals surface area contributed by atoms with Gasteiger partial charge >= 0.3 is 5.97 Å². The summed E-state index contributed by atoms with van der Waals surface area (Å²) in [5.41, 5.74) is 5.53. The molecule has 142 valence electrons. The fourth-order valence-corrected chi connectivity index (χ4v) is 3.01. The number of hydrogen-bond acceptors (Lipinski definition) is 5. The first-order chi connectivity index (χ1) is 12.8. The highest BCUT2D eigenvalue weighted by molar-refractivity contribution is 8.00. The quantitative estimate of drug-likeness (QED) is 0.539. The van der Waals surface area contributed by atoms with Crippen molar-refractivity contribution in [2.24, 2.45) is 5.73 Å². The number of hydrogen-bond donors (Lipinski definition) is 2. The molecule has 0 aliphatic heterocycles. The van der Waals surface area contributed by atoms with E-state index < -0.39 is 29.7 Å². The summed E-state index contributed by atoms with van der Waals surface area (Å²) in [6.45, 7) is 1.39. The first-order valence-corrected chi connectivity index (χ1v) is 9.11. The van der Waals surface area contributed by atoms with Crippen LogP contribution in [0.5, 0.6) is 0 Å². The smallest absolute Gasteiger partial charge is 0.340 e. The van der Waals surface area contributed by atoms with Crippen molar-refractivity contribution in [3.8, 4) is 0 Å². The van der Waals surface area contributed by atoms with Gasteiger partial charge in [-0.05, 0) is 37.3 Å². The summed E-state index contributed by atoms with van der Waals surface area (Å²) >= 11 is 6.95. The van der Waals surface area contributed by atoms with Gasteiger partial charge in [0.25, 0.3) is 5.91 Å². The van der Waals surface area contributed by atoms with Crippen molar-refractivity contribution in [1.29, 1.82) is 0 Å². The van der Waals surface area contributed by atoms with Crippen LogP contribution in [0.4, 0.5) is 10.1 Å². The Morgan fingerprint density at radius 1 is 1.26 bits per heavy atom. The number of rotatable bonds is 7. The standard InChI is InChI=1S/C18H16ClFN2O4S/c1-10(17(24)22-14-7-6-11(20)8-13(14)19)26-18(25)12-4-2-3-5-15(12)27-9-16(21)23/h2-8,10H,9H2,1H3,(H2,21,23)(H,22,24). The van der Waals surface area contributed by atoms with Gasteiger partial charge in [0.05, 0.1) is 22.0 Å². The van der Waals surface area contributed by atoms with E-state index in [2.05, 4.69) is 5.32 Å². The second kappa shape index (κ2) is 9.38. The maximum atomic E-state index is 13.1. The third-order valence-electron chi connectivity index (χ3n) is 3.32. The zero-order valence-electron chi connectivity index (χ0n) is 14.2. The first-order valence-electron chi connectivity index (χ1n) is 7.75. The molecule has 1 atom stereocenters. The lowest BCUT2D eigenvalue weighted by atomic mass is 10.2. The highest BCUT2D eigenvalue weighted by Gasteiger charge is 2.21. The lowest BCUT2D eigenvalue weighted by Crippen LogP contribution is -2.30. The summed E-state index contributed by atoms with van der Waals surface area (Å²) in [5, 5.41) is 2.49. The summed E-state index contributed by atoms with van der Waals surface area (Å²) in [4.78, 5) is 36.0. The Hall–Kier alpha value is -2.58. The van der Waals surface area contributed by atoms with Gasteiger partial charge in [0.2, 0.25) is 5.91 Å². The van der Waals surface area contributed by atoms with E-state index >= 15 is 0 Å². The van der Waals surface area contributed by atoms with E-state index in [1.165, 1.54) is 19.1 Å². The summed E-state index contributed by atoms with van der Waals surface area (Å²) in [7, 11) is 0. The zero-order valence-corrected chi connectivity index (χ0v) is 15.8. The Bertz CT molecular complexity index is 878. The minimum atomic E-state index is -1.13. The molecular formula is C18H16ClFN2O4S. The Kier molecular flexibility index (Phi) is 7.20.